The minimum Gasteiger partial charge on any atom is -0.481 e. The number of rotatable bonds is 5. The van der Waals surface area contributed by atoms with Gasteiger partial charge in [-0.05, 0) is 23.3 Å². The summed E-state index contributed by atoms with van der Waals surface area (Å²) in [5.74, 6) is -3.59. The summed E-state index contributed by atoms with van der Waals surface area (Å²) >= 11 is 0. The fourth-order valence-corrected chi connectivity index (χ4v) is 4.29. The molecule has 0 aromatic heterocycles. The van der Waals surface area contributed by atoms with E-state index in [-0.39, 0.29) is 17.7 Å². The van der Waals surface area contributed by atoms with Crippen LogP contribution in [0.2, 0.25) is 0 Å². The molecule has 0 spiro atoms. The first-order chi connectivity index (χ1) is 14.6. The number of carbonyl (C=O) groups excluding carboxylic acids is 1. The molecule has 3 aromatic rings. The van der Waals surface area contributed by atoms with Gasteiger partial charge in [-0.3, -0.25) is 9.59 Å². The molecule has 0 bridgehead atoms. The van der Waals surface area contributed by atoms with Crippen LogP contribution in [0.3, 0.4) is 0 Å². The van der Waals surface area contributed by atoms with E-state index >= 15 is 0 Å². The second kappa shape index (κ2) is 8.78. The Balaban J connectivity index is 1.78. The summed E-state index contributed by atoms with van der Waals surface area (Å²) in [5, 5.41) is 13.1. The molecule has 1 aliphatic carbocycles. The highest BCUT2D eigenvalue weighted by Gasteiger charge is 2.46. The normalized spacial score (nSPS) is 22.9. The van der Waals surface area contributed by atoms with E-state index in [9.17, 15) is 14.7 Å². The molecule has 1 aliphatic rings. The first-order valence-corrected chi connectivity index (χ1v) is 10.0. The van der Waals surface area contributed by atoms with Crippen LogP contribution in [0, 0.1) is 11.8 Å². The molecule has 4 nitrogen and oxygen atoms in total. The molecule has 0 saturated carbocycles. The van der Waals surface area contributed by atoms with Gasteiger partial charge >= 0.3 is 5.97 Å². The number of allylic oxidation sites excluding steroid dienone is 2. The highest BCUT2D eigenvalue weighted by molar-refractivity contribution is 5.96. The second-order valence-electron chi connectivity index (χ2n) is 7.50. The summed E-state index contributed by atoms with van der Waals surface area (Å²) in [6.45, 7) is 0. The van der Waals surface area contributed by atoms with Gasteiger partial charge in [-0.2, -0.15) is 0 Å². The number of hydrogen-bond donors (Lipinski definition) is 2. The highest BCUT2D eigenvalue weighted by Crippen LogP contribution is 2.45. The summed E-state index contributed by atoms with van der Waals surface area (Å²) in [5.41, 5.74) is 2.48. The average Bonchev–Trinajstić information content (AvgIpc) is 2.80. The molecule has 0 fully saturated rings. The Kier molecular flexibility index (Phi) is 5.75. The Morgan fingerprint density at radius 2 is 1.07 bits per heavy atom. The zero-order valence-electron chi connectivity index (χ0n) is 16.4. The van der Waals surface area contributed by atoms with E-state index < -0.39 is 17.8 Å². The van der Waals surface area contributed by atoms with Crippen molar-refractivity contribution in [3.05, 3.63) is 114 Å². The minimum absolute atomic E-state index is 0.285. The van der Waals surface area contributed by atoms with E-state index in [1.54, 1.807) is 12.1 Å². The Morgan fingerprint density at radius 1 is 0.633 bits per heavy atom. The van der Waals surface area contributed by atoms with Crippen molar-refractivity contribution in [2.24, 2.45) is 11.8 Å². The third-order valence-electron chi connectivity index (χ3n) is 5.68. The maximum Gasteiger partial charge on any atom is 0.308 e. The number of benzene rings is 3. The van der Waals surface area contributed by atoms with Crippen LogP contribution in [0.4, 0.5) is 5.69 Å². The van der Waals surface area contributed by atoms with Crippen LogP contribution in [0.25, 0.3) is 0 Å². The SMILES string of the molecule is O=C(O)[C@H]1[C@H](C(=O)Nc2ccccc2)[C@H](c2ccccc2)C=C[C@H]1c1ccccc1. The number of para-hydroxylation sites is 1. The first kappa shape index (κ1) is 19.6. The topological polar surface area (TPSA) is 66.4 Å². The van der Waals surface area contributed by atoms with E-state index in [0.717, 1.165) is 11.1 Å². The lowest BCUT2D eigenvalue weighted by Gasteiger charge is -2.37. The summed E-state index contributed by atoms with van der Waals surface area (Å²) in [6, 6.07) is 28.3. The Morgan fingerprint density at radius 3 is 1.53 bits per heavy atom. The van der Waals surface area contributed by atoms with Gasteiger partial charge in [0.1, 0.15) is 0 Å². The number of nitrogens with one attached hydrogen (secondary N) is 1. The van der Waals surface area contributed by atoms with Crippen molar-refractivity contribution in [2.75, 3.05) is 5.32 Å². The fourth-order valence-electron chi connectivity index (χ4n) is 4.29. The van der Waals surface area contributed by atoms with Gasteiger partial charge < -0.3 is 10.4 Å². The van der Waals surface area contributed by atoms with Crippen molar-refractivity contribution >= 4 is 17.6 Å². The van der Waals surface area contributed by atoms with Gasteiger partial charge in [-0.25, -0.2) is 0 Å². The second-order valence-corrected chi connectivity index (χ2v) is 7.50. The average molecular weight is 397 g/mol. The number of carboxylic acid groups (broad SMARTS) is 1. The lowest BCUT2D eigenvalue weighted by molar-refractivity contribution is -0.147. The largest absolute Gasteiger partial charge is 0.481 e. The monoisotopic (exact) mass is 397 g/mol. The molecular weight excluding hydrogens is 374 g/mol. The predicted octanol–water partition coefficient (Wildman–Crippen LogP) is 5.08. The number of aliphatic carboxylic acids is 1. The van der Waals surface area contributed by atoms with Crippen molar-refractivity contribution in [1.29, 1.82) is 0 Å². The molecule has 0 radical (unpaired) electrons. The predicted molar refractivity (Wildman–Crippen MR) is 117 cm³/mol. The highest BCUT2D eigenvalue weighted by atomic mass is 16.4. The van der Waals surface area contributed by atoms with Crippen molar-refractivity contribution in [3.63, 3.8) is 0 Å². The molecule has 2 N–H and O–H groups in total. The summed E-state index contributed by atoms with van der Waals surface area (Å²) in [6.07, 6.45) is 3.93. The van der Waals surface area contributed by atoms with Crippen molar-refractivity contribution in [1.82, 2.24) is 0 Å². The molecule has 150 valence electrons. The molecule has 30 heavy (non-hydrogen) atoms. The standard InChI is InChI=1S/C26H23NO3/c28-25(27-20-14-8-3-9-15-20)23-21(18-10-4-1-5-11-18)16-17-22(24(23)26(29)30)19-12-6-2-7-13-19/h1-17,21-24H,(H,27,28)(H,29,30)/t21-,22-,23+,24+/m0/s1. The molecule has 4 atom stereocenters. The van der Waals surface area contributed by atoms with E-state index in [1.807, 2.05) is 91.0 Å². The summed E-state index contributed by atoms with van der Waals surface area (Å²) in [7, 11) is 0. The van der Waals surface area contributed by atoms with Crippen LogP contribution < -0.4 is 5.32 Å². The van der Waals surface area contributed by atoms with E-state index in [4.69, 9.17) is 0 Å². The van der Waals surface area contributed by atoms with Gasteiger partial charge in [0.05, 0.1) is 11.8 Å². The number of carboxylic acids is 1. The molecular formula is C26H23NO3. The Bertz CT molecular complexity index is 1030. The van der Waals surface area contributed by atoms with E-state index in [2.05, 4.69) is 5.32 Å². The smallest absolute Gasteiger partial charge is 0.308 e. The van der Waals surface area contributed by atoms with Crippen LogP contribution in [0.1, 0.15) is 23.0 Å². The summed E-state index contributed by atoms with van der Waals surface area (Å²) in [4.78, 5) is 25.9. The van der Waals surface area contributed by atoms with Gasteiger partial charge in [-0.15, -0.1) is 0 Å². The maximum atomic E-state index is 13.4. The molecule has 0 heterocycles. The van der Waals surface area contributed by atoms with Gasteiger partial charge in [0.2, 0.25) is 5.91 Å². The Hall–Kier alpha value is -3.66. The molecule has 1 amide bonds. The van der Waals surface area contributed by atoms with Gasteiger partial charge in [0, 0.05) is 17.5 Å². The number of amides is 1. The lowest BCUT2D eigenvalue weighted by Crippen LogP contribution is -2.42. The van der Waals surface area contributed by atoms with Crippen LogP contribution in [0.15, 0.2) is 103 Å². The van der Waals surface area contributed by atoms with Crippen LogP contribution in [-0.4, -0.2) is 17.0 Å². The molecule has 4 rings (SSSR count). The van der Waals surface area contributed by atoms with Crippen molar-refractivity contribution < 1.29 is 14.7 Å². The van der Waals surface area contributed by atoms with Gasteiger partial charge in [0.25, 0.3) is 0 Å². The molecule has 0 aliphatic heterocycles. The minimum atomic E-state index is -0.970. The van der Waals surface area contributed by atoms with Crippen LogP contribution >= 0.6 is 0 Å². The molecule has 0 saturated heterocycles. The third kappa shape index (κ3) is 4.03. The molecule has 4 heteroatoms. The van der Waals surface area contributed by atoms with E-state index in [0.29, 0.717) is 5.69 Å². The third-order valence-corrected chi connectivity index (χ3v) is 5.68. The van der Waals surface area contributed by atoms with Crippen LogP contribution in [0.5, 0.6) is 0 Å². The van der Waals surface area contributed by atoms with Gasteiger partial charge in [0.15, 0.2) is 0 Å². The number of anilines is 1. The number of hydrogen-bond acceptors (Lipinski definition) is 2. The van der Waals surface area contributed by atoms with Crippen molar-refractivity contribution in [3.8, 4) is 0 Å². The molecule has 3 aromatic carbocycles. The summed E-state index contributed by atoms with van der Waals surface area (Å²) < 4.78 is 0. The zero-order valence-corrected chi connectivity index (χ0v) is 16.4. The van der Waals surface area contributed by atoms with Crippen LogP contribution in [-0.2, 0) is 9.59 Å². The fraction of sp³-hybridized carbons (Fsp3) is 0.154. The lowest BCUT2D eigenvalue weighted by atomic mass is 9.66. The van der Waals surface area contributed by atoms with E-state index in [1.165, 1.54) is 0 Å². The first-order valence-electron chi connectivity index (χ1n) is 10.0. The molecule has 0 unspecified atom stereocenters. The quantitative estimate of drug-likeness (QED) is 0.590. The number of carbonyl (C=O) groups is 2. The Labute approximate surface area is 175 Å². The van der Waals surface area contributed by atoms with Crippen molar-refractivity contribution in [2.45, 2.75) is 11.8 Å². The zero-order chi connectivity index (χ0) is 20.9. The maximum absolute atomic E-state index is 13.4. The van der Waals surface area contributed by atoms with Gasteiger partial charge in [-0.1, -0.05) is 91.0 Å².